The second-order valence-corrected chi connectivity index (χ2v) is 7.56. The van der Waals surface area contributed by atoms with E-state index in [1.165, 1.54) is 29.2 Å². The molecule has 2 heterocycles. The Balaban J connectivity index is 1.41. The summed E-state index contributed by atoms with van der Waals surface area (Å²) in [6.45, 7) is 0. The predicted molar refractivity (Wildman–Crippen MR) is 100 cm³/mol. The van der Waals surface area contributed by atoms with Gasteiger partial charge in [0, 0.05) is 11.1 Å². The highest BCUT2D eigenvalue weighted by Gasteiger charge is 2.15. The smallest absolute Gasteiger partial charge is 0.293 e. The average Bonchev–Trinajstić information content (AvgIpc) is 3.27. The van der Waals surface area contributed by atoms with Crippen LogP contribution in [-0.2, 0) is 5.75 Å². The summed E-state index contributed by atoms with van der Waals surface area (Å²) in [5.74, 6) is 0.0200. The van der Waals surface area contributed by atoms with Crippen LogP contribution in [0.25, 0.3) is 11.0 Å². The normalized spacial score (nSPS) is 11.0. The van der Waals surface area contributed by atoms with Gasteiger partial charge in [-0.3, -0.25) is 10.1 Å². The van der Waals surface area contributed by atoms with Crippen LogP contribution in [-0.4, -0.2) is 16.1 Å². The van der Waals surface area contributed by atoms with E-state index in [9.17, 15) is 9.18 Å². The van der Waals surface area contributed by atoms with Gasteiger partial charge < -0.3 is 4.42 Å². The van der Waals surface area contributed by atoms with E-state index < -0.39 is 0 Å². The highest BCUT2D eigenvalue weighted by Crippen LogP contribution is 2.29. The second-order valence-electron chi connectivity index (χ2n) is 5.36. The summed E-state index contributed by atoms with van der Waals surface area (Å²) < 4.78 is 19.8. The number of rotatable bonds is 5. The van der Waals surface area contributed by atoms with Gasteiger partial charge in [-0.2, -0.15) is 0 Å². The van der Waals surface area contributed by atoms with Crippen molar-refractivity contribution in [1.29, 1.82) is 0 Å². The number of nitrogens with one attached hydrogen (secondary N) is 1. The molecule has 0 saturated carbocycles. The van der Waals surface area contributed by atoms with Crippen LogP contribution in [0.4, 0.5) is 9.52 Å². The maximum absolute atomic E-state index is 13.6. The molecule has 0 fully saturated rings. The Bertz CT molecular complexity index is 1040. The van der Waals surface area contributed by atoms with Crippen molar-refractivity contribution in [3.05, 3.63) is 71.7 Å². The number of amides is 1. The molecule has 4 rings (SSSR count). The van der Waals surface area contributed by atoms with E-state index in [2.05, 4.69) is 15.5 Å². The maximum Gasteiger partial charge on any atom is 0.293 e. The molecule has 26 heavy (non-hydrogen) atoms. The standard InChI is InChI=1S/C18H12FN3O2S2/c19-13-7-3-1-6-12(13)10-25-18-22-21-17(26-18)20-16(23)15-9-11-5-2-4-8-14(11)24-15/h1-9H,10H2,(H,20,21,23). The number of aromatic nitrogens is 2. The number of hydrogen-bond donors (Lipinski definition) is 1. The summed E-state index contributed by atoms with van der Waals surface area (Å²) >= 11 is 2.60. The Kier molecular flexibility index (Phi) is 4.68. The highest BCUT2D eigenvalue weighted by atomic mass is 32.2. The molecule has 1 amide bonds. The lowest BCUT2D eigenvalue weighted by molar-refractivity contribution is 0.0998. The van der Waals surface area contributed by atoms with E-state index in [4.69, 9.17) is 4.42 Å². The largest absolute Gasteiger partial charge is 0.451 e. The van der Waals surface area contributed by atoms with Crippen molar-refractivity contribution in [2.75, 3.05) is 5.32 Å². The summed E-state index contributed by atoms with van der Waals surface area (Å²) in [7, 11) is 0. The van der Waals surface area contributed by atoms with Crippen LogP contribution in [0.3, 0.4) is 0 Å². The zero-order chi connectivity index (χ0) is 17.9. The molecule has 0 aliphatic heterocycles. The fourth-order valence-electron chi connectivity index (χ4n) is 2.33. The molecule has 130 valence electrons. The number of halogens is 1. The summed E-state index contributed by atoms with van der Waals surface area (Å²) in [5, 5.41) is 11.9. The first-order chi connectivity index (χ1) is 12.7. The number of benzene rings is 2. The van der Waals surface area contributed by atoms with E-state index in [0.717, 1.165) is 5.39 Å². The van der Waals surface area contributed by atoms with E-state index in [0.29, 0.717) is 26.4 Å². The van der Waals surface area contributed by atoms with Crippen LogP contribution in [0, 0.1) is 5.82 Å². The third-order valence-corrected chi connectivity index (χ3v) is 5.61. The average molecular weight is 385 g/mol. The van der Waals surface area contributed by atoms with Crippen molar-refractivity contribution in [2.24, 2.45) is 0 Å². The third kappa shape index (κ3) is 3.61. The summed E-state index contributed by atoms with van der Waals surface area (Å²) in [6.07, 6.45) is 0. The zero-order valence-corrected chi connectivity index (χ0v) is 14.9. The molecule has 0 unspecified atom stereocenters. The number of fused-ring (bicyclic) bond motifs is 1. The van der Waals surface area contributed by atoms with E-state index >= 15 is 0 Å². The zero-order valence-electron chi connectivity index (χ0n) is 13.3. The number of anilines is 1. The Morgan fingerprint density at radius 2 is 1.96 bits per heavy atom. The highest BCUT2D eigenvalue weighted by molar-refractivity contribution is 8.00. The first-order valence-electron chi connectivity index (χ1n) is 7.69. The van der Waals surface area contributed by atoms with Gasteiger partial charge in [0.2, 0.25) is 5.13 Å². The molecule has 0 bridgehead atoms. The molecule has 2 aromatic carbocycles. The second kappa shape index (κ2) is 7.27. The minimum Gasteiger partial charge on any atom is -0.451 e. The Morgan fingerprint density at radius 1 is 1.15 bits per heavy atom. The molecular weight excluding hydrogens is 373 g/mol. The van der Waals surface area contributed by atoms with E-state index in [1.54, 1.807) is 30.3 Å². The van der Waals surface area contributed by atoms with Crippen molar-refractivity contribution in [3.63, 3.8) is 0 Å². The Hall–Kier alpha value is -2.71. The van der Waals surface area contributed by atoms with Crippen molar-refractivity contribution in [1.82, 2.24) is 10.2 Å². The molecule has 0 saturated heterocycles. The molecular formula is C18H12FN3O2S2. The van der Waals surface area contributed by atoms with Crippen molar-refractivity contribution < 1.29 is 13.6 Å². The first-order valence-corrected chi connectivity index (χ1v) is 9.49. The van der Waals surface area contributed by atoms with Crippen molar-refractivity contribution >= 4 is 45.1 Å². The van der Waals surface area contributed by atoms with Crippen LogP contribution in [0.15, 0.2) is 63.4 Å². The minimum absolute atomic E-state index is 0.210. The molecule has 0 atom stereocenters. The van der Waals surface area contributed by atoms with E-state index in [-0.39, 0.29) is 17.5 Å². The molecule has 0 aliphatic rings. The maximum atomic E-state index is 13.6. The van der Waals surface area contributed by atoms with Gasteiger partial charge in [-0.1, -0.05) is 59.5 Å². The molecule has 0 spiro atoms. The van der Waals surface area contributed by atoms with Crippen molar-refractivity contribution in [3.8, 4) is 0 Å². The monoisotopic (exact) mass is 385 g/mol. The van der Waals surface area contributed by atoms with Gasteiger partial charge in [0.05, 0.1) is 0 Å². The SMILES string of the molecule is O=C(Nc1nnc(SCc2ccccc2F)s1)c1cc2ccccc2o1. The summed E-state index contributed by atoms with van der Waals surface area (Å²) in [4.78, 5) is 12.3. The third-order valence-electron chi connectivity index (χ3n) is 3.59. The number of para-hydroxylation sites is 1. The summed E-state index contributed by atoms with van der Waals surface area (Å²) in [5.41, 5.74) is 1.25. The minimum atomic E-state index is -0.386. The van der Waals surface area contributed by atoms with Gasteiger partial charge in [-0.25, -0.2) is 4.39 Å². The fourth-order valence-corrected chi connectivity index (χ4v) is 4.06. The quantitative estimate of drug-likeness (QED) is 0.388. The van der Waals surface area contributed by atoms with Crippen LogP contribution < -0.4 is 5.32 Å². The number of thioether (sulfide) groups is 1. The predicted octanol–water partition coefficient (Wildman–Crippen LogP) is 4.97. The van der Waals surface area contributed by atoms with E-state index in [1.807, 2.05) is 18.2 Å². The van der Waals surface area contributed by atoms with Crippen LogP contribution in [0.5, 0.6) is 0 Å². The number of carbonyl (C=O) groups excluding carboxylic acids is 1. The molecule has 8 heteroatoms. The Labute approximate surface area is 156 Å². The molecule has 2 aromatic heterocycles. The van der Waals surface area contributed by atoms with Gasteiger partial charge in [-0.05, 0) is 23.8 Å². The number of furan rings is 1. The lowest BCUT2D eigenvalue weighted by Crippen LogP contribution is -2.10. The van der Waals surface area contributed by atoms with Gasteiger partial charge in [0.25, 0.3) is 5.91 Å². The van der Waals surface area contributed by atoms with Crippen LogP contribution in [0.2, 0.25) is 0 Å². The van der Waals surface area contributed by atoms with Crippen molar-refractivity contribution in [2.45, 2.75) is 10.1 Å². The molecule has 1 N–H and O–H groups in total. The Morgan fingerprint density at radius 3 is 2.81 bits per heavy atom. The lowest BCUT2D eigenvalue weighted by Gasteiger charge is -1.99. The topological polar surface area (TPSA) is 68.0 Å². The molecule has 5 nitrogen and oxygen atoms in total. The lowest BCUT2D eigenvalue weighted by atomic mass is 10.2. The summed E-state index contributed by atoms with van der Waals surface area (Å²) in [6, 6.07) is 15.7. The van der Waals surface area contributed by atoms with Crippen LogP contribution >= 0.6 is 23.1 Å². The number of hydrogen-bond acceptors (Lipinski definition) is 6. The first kappa shape index (κ1) is 16.7. The van der Waals surface area contributed by atoms with Gasteiger partial charge in [-0.15, -0.1) is 10.2 Å². The van der Waals surface area contributed by atoms with Crippen LogP contribution in [0.1, 0.15) is 16.1 Å². The molecule has 0 aliphatic carbocycles. The fraction of sp³-hybridized carbons (Fsp3) is 0.0556. The molecule has 4 aromatic rings. The number of carbonyl (C=O) groups is 1. The number of nitrogens with zero attached hydrogens (tertiary/aromatic N) is 2. The van der Waals surface area contributed by atoms with Gasteiger partial charge in [0.15, 0.2) is 10.1 Å². The van der Waals surface area contributed by atoms with Gasteiger partial charge in [0.1, 0.15) is 11.4 Å². The molecule has 0 radical (unpaired) electrons. The van der Waals surface area contributed by atoms with Gasteiger partial charge >= 0.3 is 0 Å².